The van der Waals surface area contributed by atoms with Crippen LogP contribution >= 0.6 is 11.8 Å². The number of thioether (sulfide) groups is 1. The SMILES string of the molecule is CCCCCCCC/C=C\CCCCCCCCCCCC(=O)N1C=CSC1(C(=O)O)c1ccncc1. The summed E-state index contributed by atoms with van der Waals surface area (Å²) in [5.41, 5.74) is 0.558. The van der Waals surface area contributed by atoms with Crippen LogP contribution in [0.3, 0.4) is 0 Å². The predicted octanol–water partition coefficient (Wildman–Crippen LogP) is 8.96. The number of aromatic nitrogens is 1. The van der Waals surface area contributed by atoms with Crippen molar-refractivity contribution in [1.29, 1.82) is 0 Å². The van der Waals surface area contributed by atoms with E-state index in [0.29, 0.717) is 12.0 Å². The Balaban J connectivity index is 1.47. The number of rotatable bonds is 21. The van der Waals surface area contributed by atoms with Crippen molar-refractivity contribution >= 4 is 23.6 Å². The van der Waals surface area contributed by atoms with Gasteiger partial charge in [0.15, 0.2) is 0 Å². The number of unbranched alkanes of at least 4 members (excludes halogenated alkanes) is 15. The van der Waals surface area contributed by atoms with Gasteiger partial charge >= 0.3 is 5.97 Å². The Bertz CT molecular complexity index is 827. The lowest BCUT2D eigenvalue weighted by atomic mass is 10.0. The van der Waals surface area contributed by atoms with Crippen LogP contribution in [0.4, 0.5) is 0 Å². The van der Waals surface area contributed by atoms with E-state index in [-0.39, 0.29) is 5.91 Å². The van der Waals surface area contributed by atoms with E-state index < -0.39 is 10.8 Å². The molecule has 1 unspecified atom stereocenters. The molecular formula is C31H48N2O3S. The van der Waals surface area contributed by atoms with Gasteiger partial charge in [0.05, 0.1) is 0 Å². The number of aliphatic carboxylic acids is 1. The van der Waals surface area contributed by atoms with Gasteiger partial charge in [-0.2, -0.15) is 0 Å². The highest BCUT2D eigenvalue weighted by Gasteiger charge is 2.50. The van der Waals surface area contributed by atoms with E-state index in [0.717, 1.165) is 31.0 Å². The zero-order chi connectivity index (χ0) is 26.6. The number of carboxylic acid groups (broad SMARTS) is 1. The summed E-state index contributed by atoms with van der Waals surface area (Å²) in [6, 6.07) is 3.34. The van der Waals surface area contributed by atoms with Crippen molar-refractivity contribution in [3.05, 3.63) is 53.8 Å². The molecule has 2 heterocycles. The van der Waals surface area contributed by atoms with E-state index in [2.05, 4.69) is 24.1 Å². The summed E-state index contributed by atoms with van der Waals surface area (Å²) in [7, 11) is 0. The van der Waals surface area contributed by atoms with Gasteiger partial charge in [-0.3, -0.25) is 14.7 Å². The minimum Gasteiger partial charge on any atom is -0.479 e. The first-order valence-electron chi connectivity index (χ1n) is 14.6. The zero-order valence-electron chi connectivity index (χ0n) is 22.9. The molecule has 1 aromatic rings. The molecule has 1 aliphatic heterocycles. The lowest BCUT2D eigenvalue weighted by Crippen LogP contribution is -2.47. The third-order valence-corrected chi connectivity index (χ3v) is 8.28. The second-order valence-corrected chi connectivity index (χ2v) is 11.2. The van der Waals surface area contributed by atoms with Crippen LogP contribution in [0.5, 0.6) is 0 Å². The average Bonchev–Trinajstić information content (AvgIpc) is 3.37. The van der Waals surface area contributed by atoms with Crippen molar-refractivity contribution in [2.24, 2.45) is 0 Å². The van der Waals surface area contributed by atoms with Crippen LogP contribution in [-0.4, -0.2) is 26.9 Å². The minimum atomic E-state index is -1.43. The van der Waals surface area contributed by atoms with Crippen molar-refractivity contribution in [2.75, 3.05) is 0 Å². The van der Waals surface area contributed by atoms with Crippen molar-refractivity contribution < 1.29 is 14.7 Å². The predicted molar refractivity (Wildman–Crippen MR) is 155 cm³/mol. The maximum absolute atomic E-state index is 12.9. The molecule has 2 rings (SSSR count). The lowest BCUT2D eigenvalue weighted by molar-refractivity contribution is -0.150. The van der Waals surface area contributed by atoms with Gasteiger partial charge < -0.3 is 5.11 Å². The maximum Gasteiger partial charge on any atom is 0.345 e. The summed E-state index contributed by atoms with van der Waals surface area (Å²) < 4.78 is 0. The monoisotopic (exact) mass is 528 g/mol. The van der Waals surface area contributed by atoms with Gasteiger partial charge in [-0.1, -0.05) is 108 Å². The molecular weight excluding hydrogens is 480 g/mol. The second-order valence-electron chi connectivity index (χ2n) is 10.1. The second kappa shape index (κ2) is 19.1. The van der Waals surface area contributed by atoms with Gasteiger partial charge in [0.25, 0.3) is 0 Å². The maximum atomic E-state index is 12.9. The third-order valence-electron chi connectivity index (χ3n) is 7.07. The number of carbonyl (C=O) groups is 2. The molecule has 0 saturated heterocycles. The molecule has 0 aromatic carbocycles. The third kappa shape index (κ3) is 11.1. The molecule has 0 radical (unpaired) electrons. The number of pyridine rings is 1. The Hall–Kier alpha value is -2.08. The molecule has 0 spiro atoms. The average molecular weight is 529 g/mol. The molecule has 206 valence electrons. The standard InChI is InChI=1S/C31H48N2O3S/c1-2-3-4-5-6-7-8-9-10-11-12-13-14-15-16-17-18-19-20-21-29(34)33-26-27-37-31(33,30(35)36)28-22-24-32-25-23-28/h9-10,22-27H,2-8,11-21H2,1H3,(H,35,36)/b10-9-. The molecule has 1 aromatic heterocycles. The summed E-state index contributed by atoms with van der Waals surface area (Å²) >= 11 is 1.15. The highest BCUT2D eigenvalue weighted by Crippen LogP contribution is 2.46. The van der Waals surface area contributed by atoms with E-state index >= 15 is 0 Å². The number of allylic oxidation sites excluding steroid dienone is 2. The van der Waals surface area contributed by atoms with Crippen molar-refractivity contribution in [3.8, 4) is 0 Å². The molecule has 5 nitrogen and oxygen atoms in total. The first-order valence-corrected chi connectivity index (χ1v) is 15.5. The Kier molecular flexibility index (Phi) is 16.0. The Morgan fingerprint density at radius 3 is 1.89 bits per heavy atom. The number of amides is 1. The smallest absolute Gasteiger partial charge is 0.345 e. The highest BCUT2D eigenvalue weighted by molar-refractivity contribution is 8.03. The van der Waals surface area contributed by atoms with Crippen LogP contribution < -0.4 is 0 Å². The number of carbonyl (C=O) groups excluding carboxylic acids is 1. The van der Waals surface area contributed by atoms with Gasteiger partial charge in [-0.05, 0) is 49.6 Å². The molecule has 1 N–H and O–H groups in total. The fourth-order valence-electron chi connectivity index (χ4n) is 4.85. The van der Waals surface area contributed by atoms with Gasteiger partial charge in [0.1, 0.15) is 0 Å². The van der Waals surface area contributed by atoms with Crippen LogP contribution in [0.15, 0.2) is 48.3 Å². The Morgan fingerprint density at radius 1 is 0.838 bits per heavy atom. The summed E-state index contributed by atoms with van der Waals surface area (Å²) in [5.74, 6) is -1.17. The first kappa shape index (κ1) is 31.1. The first-order chi connectivity index (χ1) is 18.1. The minimum absolute atomic E-state index is 0.138. The van der Waals surface area contributed by atoms with E-state index in [1.165, 1.54) is 94.8 Å². The number of carboxylic acids is 1. The molecule has 6 heteroatoms. The molecule has 37 heavy (non-hydrogen) atoms. The van der Waals surface area contributed by atoms with Crippen LogP contribution in [0.25, 0.3) is 0 Å². The van der Waals surface area contributed by atoms with E-state index in [9.17, 15) is 14.7 Å². The number of hydrogen-bond acceptors (Lipinski definition) is 4. The highest BCUT2D eigenvalue weighted by atomic mass is 32.2. The van der Waals surface area contributed by atoms with Crippen LogP contribution in [-0.2, 0) is 14.5 Å². The van der Waals surface area contributed by atoms with Crippen LogP contribution in [0, 0.1) is 0 Å². The normalized spacial score (nSPS) is 17.2. The van der Waals surface area contributed by atoms with E-state index in [4.69, 9.17) is 0 Å². The molecule has 0 aliphatic carbocycles. The quantitative estimate of drug-likeness (QED) is 0.127. The molecule has 0 saturated carbocycles. The fraction of sp³-hybridized carbons (Fsp3) is 0.645. The van der Waals surface area contributed by atoms with Crippen molar-refractivity contribution in [3.63, 3.8) is 0 Å². The van der Waals surface area contributed by atoms with Crippen LogP contribution in [0.1, 0.15) is 128 Å². The molecule has 1 aliphatic rings. The summed E-state index contributed by atoms with van der Waals surface area (Å²) in [5, 5.41) is 11.7. The van der Waals surface area contributed by atoms with E-state index in [1.807, 2.05) is 0 Å². The lowest BCUT2D eigenvalue weighted by Gasteiger charge is -2.33. The molecule has 0 fully saturated rings. The number of hydrogen-bond donors (Lipinski definition) is 1. The Morgan fingerprint density at radius 2 is 1.35 bits per heavy atom. The van der Waals surface area contributed by atoms with Gasteiger partial charge in [-0.25, -0.2) is 4.79 Å². The van der Waals surface area contributed by atoms with E-state index in [1.54, 1.807) is 36.1 Å². The van der Waals surface area contributed by atoms with Gasteiger partial charge in [0, 0.05) is 30.6 Å². The fourth-order valence-corrected chi connectivity index (χ4v) is 5.88. The molecule has 1 amide bonds. The summed E-state index contributed by atoms with van der Waals surface area (Å²) in [4.78, 5) is 29.0. The summed E-state index contributed by atoms with van der Waals surface area (Å²) in [6.45, 7) is 2.27. The molecule has 0 bridgehead atoms. The summed E-state index contributed by atoms with van der Waals surface area (Å²) in [6.07, 6.45) is 31.2. The van der Waals surface area contributed by atoms with Gasteiger partial charge in [-0.15, -0.1) is 0 Å². The zero-order valence-corrected chi connectivity index (χ0v) is 23.7. The van der Waals surface area contributed by atoms with Crippen molar-refractivity contribution in [1.82, 2.24) is 9.88 Å². The molecule has 1 atom stereocenters. The van der Waals surface area contributed by atoms with Gasteiger partial charge in [0.2, 0.25) is 10.8 Å². The number of nitrogens with zero attached hydrogens (tertiary/aromatic N) is 2. The topological polar surface area (TPSA) is 70.5 Å². The van der Waals surface area contributed by atoms with Crippen molar-refractivity contribution in [2.45, 2.75) is 127 Å². The Labute approximate surface area is 229 Å². The largest absolute Gasteiger partial charge is 0.479 e. The van der Waals surface area contributed by atoms with Crippen LogP contribution in [0.2, 0.25) is 0 Å².